The Labute approximate surface area is 104 Å². The van der Waals surface area contributed by atoms with Gasteiger partial charge in [-0.3, -0.25) is 0 Å². The molecule has 1 saturated heterocycles. The van der Waals surface area contributed by atoms with E-state index < -0.39 is 17.3 Å². The van der Waals surface area contributed by atoms with Crippen LogP contribution in [0.25, 0.3) is 0 Å². The van der Waals surface area contributed by atoms with Crippen molar-refractivity contribution >= 4 is 0 Å². The summed E-state index contributed by atoms with van der Waals surface area (Å²) in [6.07, 6.45) is -3.33. The van der Waals surface area contributed by atoms with Crippen LogP contribution in [0.1, 0.15) is 24.0 Å². The molecule has 2 nitrogen and oxygen atoms in total. The van der Waals surface area contributed by atoms with E-state index in [1.807, 2.05) is 0 Å². The average molecular weight is 259 g/mol. The summed E-state index contributed by atoms with van der Waals surface area (Å²) in [5, 5.41) is 13.4. The van der Waals surface area contributed by atoms with Crippen LogP contribution < -0.4 is 5.32 Å². The third-order valence-corrected chi connectivity index (χ3v) is 3.38. The molecule has 0 bridgehead atoms. The van der Waals surface area contributed by atoms with Crippen LogP contribution in [-0.4, -0.2) is 23.8 Å². The molecule has 1 fully saturated rings. The molecule has 0 radical (unpaired) electrons. The molecular formula is C13H16F3NO. The van der Waals surface area contributed by atoms with Gasteiger partial charge in [-0.05, 0) is 37.6 Å². The molecule has 18 heavy (non-hydrogen) atoms. The zero-order chi connectivity index (χ0) is 13.2. The standard InChI is InChI=1S/C13H16F3NO/c14-13(15,16)11-4-2-1-3-10(11)9-12(18)5-7-17-8-6-12/h1-4,17-18H,5-9H2. The van der Waals surface area contributed by atoms with Crippen LogP contribution in [0.5, 0.6) is 0 Å². The number of nitrogens with one attached hydrogen (secondary N) is 1. The van der Waals surface area contributed by atoms with Gasteiger partial charge in [0.05, 0.1) is 11.2 Å². The highest BCUT2D eigenvalue weighted by Gasteiger charge is 2.36. The van der Waals surface area contributed by atoms with Crippen LogP contribution in [0.15, 0.2) is 24.3 Å². The molecule has 0 atom stereocenters. The number of halogens is 3. The largest absolute Gasteiger partial charge is 0.416 e. The predicted molar refractivity (Wildman–Crippen MR) is 62.2 cm³/mol. The summed E-state index contributed by atoms with van der Waals surface area (Å²) in [5.74, 6) is 0. The summed E-state index contributed by atoms with van der Waals surface area (Å²) < 4.78 is 38.5. The summed E-state index contributed by atoms with van der Waals surface area (Å²) in [4.78, 5) is 0. The molecule has 1 aromatic carbocycles. The molecule has 100 valence electrons. The molecule has 0 aromatic heterocycles. The fourth-order valence-corrected chi connectivity index (χ4v) is 2.37. The fourth-order valence-electron chi connectivity index (χ4n) is 2.37. The molecule has 1 aliphatic rings. The van der Waals surface area contributed by atoms with Crippen molar-refractivity contribution < 1.29 is 18.3 Å². The highest BCUT2D eigenvalue weighted by molar-refractivity contribution is 5.31. The smallest absolute Gasteiger partial charge is 0.389 e. The van der Waals surface area contributed by atoms with Gasteiger partial charge >= 0.3 is 6.18 Å². The second kappa shape index (κ2) is 4.90. The zero-order valence-corrected chi connectivity index (χ0v) is 9.93. The Hall–Kier alpha value is -1.07. The van der Waals surface area contributed by atoms with Gasteiger partial charge in [0.15, 0.2) is 0 Å². The van der Waals surface area contributed by atoms with Crippen LogP contribution in [-0.2, 0) is 12.6 Å². The summed E-state index contributed by atoms with van der Waals surface area (Å²) in [6.45, 7) is 1.29. The lowest BCUT2D eigenvalue weighted by Crippen LogP contribution is -2.43. The average Bonchev–Trinajstić information content (AvgIpc) is 2.28. The van der Waals surface area contributed by atoms with E-state index in [0.717, 1.165) is 6.07 Å². The molecule has 2 N–H and O–H groups in total. The van der Waals surface area contributed by atoms with Gasteiger partial charge in [0.2, 0.25) is 0 Å². The van der Waals surface area contributed by atoms with Crippen LogP contribution >= 0.6 is 0 Å². The highest BCUT2D eigenvalue weighted by Crippen LogP contribution is 2.34. The van der Waals surface area contributed by atoms with Crippen molar-refractivity contribution in [2.24, 2.45) is 0 Å². The van der Waals surface area contributed by atoms with E-state index in [9.17, 15) is 18.3 Å². The van der Waals surface area contributed by atoms with Gasteiger partial charge in [0.1, 0.15) is 0 Å². The number of aliphatic hydroxyl groups is 1. The van der Waals surface area contributed by atoms with Crippen molar-refractivity contribution in [3.8, 4) is 0 Å². The minimum Gasteiger partial charge on any atom is -0.389 e. The monoisotopic (exact) mass is 259 g/mol. The van der Waals surface area contributed by atoms with E-state index in [-0.39, 0.29) is 12.0 Å². The Kier molecular flexibility index (Phi) is 3.64. The van der Waals surface area contributed by atoms with Crippen LogP contribution in [0, 0.1) is 0 Å². The van der Waals surface area contributed by atoms with Gasteiger partial charge in [-0.25, -0.2) is 0 Å². The minimum atomic E-state index is -4.36. The zero-order valence-electron chi connectivity index (χ0n) is 9.93. The Morgan fingerprint density at radius 3 is 2.39 bits per heavy atom. The number of rotatable bonds is 2. The van der Waals surface area contributed by atoms with E-state index in [1.165, 1.54) is 12.1 Å². The maximum Gasteiger partial charge on any atom is 0.416 e. The lowest BCUT2D eigenvalue weighted by molar-refractivity contribution is -0.138. The van der Waals surface area contributed by atoms with Gasteiger partial charge in [0, 0.05) is 6.42 Å². The molecule has 1 aromatic rings. The Morgan fingerprint density at radius 1 is 1.17 bits per heavy atom. The SMILES string of the molecule is OC1(Cc2ccccc2C(F)(F)F)CCNCC1. The molecule has 0 spiro atoms. The van der Waals surface area contributed by atoms with E-state index in [0.29, 0.717) is 25.9 Å². The molecule has 5 heteroatoms. The highest BCUT2D eigenvalue weighted by atomic mass is 19.4. The first-order valence-corrected chi connectivity index (χ1v) is 5.99. The van der Waals surface area contributed by atoms with Crippen LogP contribution in [0.3, 0.4) is 0 Å². The van der Waals surface area contributed by atoms with Crippen molar-refractivity contribution in [2.45, 2.75) is 31.0 Å². The summed E-state index contributed by atoms with van der Waals surface area (Å²) in [5.41, 5.74) is -1.49. The van der Waals surface area contributed by atoms with Crippen LogP contribution in [0.4, 0.5) is 13.2 Å². The van der Waals surface area contributed by atoms with Crippen LogP contribution in [0.2, 0.25) is 0 Å². The molecule has 0 amide bonds. The third kappa shape index (κ3) is 3.03. The Balaban J connectivity index is 2.23. The van der Waals surface area contributed by atoms with E-state index in [1.54, 1.807) is 6.07 Å². The molecule has 1 aliphatic heterocycles. The molecule has 1 heterocycles. The predicted octanol–water partition coefficient (Wildman–Crippen LogP) is 2.36. The van der Waals surface area contributed by atoms with Crippen molar-refractivity contribution in [3.05, 3.63) is 35.4 Å². The lowest BCUT2D eigenvalue weighted by Gasteiger charge is -2.33. The third-order valence-electron chi connectivity index (χ3n) is 3.38. The molecule has 0 unspecified atom stereocenters. The van der Waals surface area contributed by atoms with E-state index >= 15 is 0 Å². The maximum atomic E-state index is 12.8. The first kappa shape index (κ1) is 13.4. The first-order valence-electron chi connectivity index (χ1n) is 5.99. The van der Waals surface area contributed by atoms with Gasteiger partial charge in [-0.15, -0.1) is 0 Å². The quantitative estimate of drug-likeness (QED) is 0.854. The number of piperidine rings is 1. The normalized spacial score (nSPS) is 19.8. The maximum absolute atomic E-state index is 12.8. The molecule has 2 rings (SSSR count). The second-order valence-electron chi connectivity index (χ2n) is 4.81. The Bertz CT molecular complexity index is 411. The fraction of sp³-hybridized carbons (Fsp3) is 0.538. The number of hydrogen-bond acceptors (Lipinski definition) is 2. The summed E-state index contributed by atoms with van der Waals surface area (Å²) in [7, 11) is 0. The molecule has 0 saturated carbocycles. The lowest BCUT2D eigenvalue weighted by atomic mass is 9.84. The number of alkyl halides is 3. The molecule has 0 aliphatic carbocycles. The summed E-state index contributed by atoms with van der Waals surface area (Å²) >= 11 is 0. The number of benzene rings is 1. The Morgan fingerprint density at radius 2 is 1.78 bits per heavy atom. The van der Waals surface area contributed by atoms with Gasteiger partial charge < -0.3 is 10.4 Å². The number of hydrogen-bond donors (Lipinski definition) is 2. The van der Waals surface area contributed by atoms with E-state index in [4.69, 9.17) is 0 Å². The van der Waals surface area contributed by atoms with Crippen molar-refractivity contribution in [1.82, 2.24) is 5.32 Å². The summed E-state index contributed by atoms with van der Waals surface area (Å²) in [6, 6.07) is 5.47. The van der Waals surface area contributed by atoms with Crippen molar-refractivity contribution in [1.29, 1.82) is 0 Å². The van der Waals surface area contributed by atoms with Gasteiger partial charge in [-0.1, -0.05) is 18.2 Å². The van der Waals surface area contributed by atoms with Crippen molar-refractivity contribution in [3.63, 3.8) is 0 Å². The second-order valence-corrected chi connectivity index (χ2v) is 4.81. The minimum absolute atomic E-state index is 0.0599. The van der Waals surface area contributed by atoms with Gasteiger partial charge in [0.25, 0.3) is 0 Å². The molecular weight excluding hydrogens is 243 g/mol. The van der Waals surface area contributed by atoms with Crippen molar-refractivity contribution in [2.75, 3.05) is 13.1 Å². The van der Waals surface area contributed by atoms with E-state index in [2.05, 4.69) is 5.32 Å². The van der Waals surface area contributed by atoms with Gasteiger partial charge in [-0.2, -0.15) is 13.2 Å². The topological polar surface area (TPSA) is 32.3 Å². The first-order chi connectivity index (χ1) is 8.41.